The molecule has 0 N–H and O–H groups in total. The van der Waals surface area contributed by atoms with E-state index in [0.29, 0.717) is 24.1 Å². The van der Waals surface area contributed by atoms with Crippen LogP contribution < -0.4 is 4.74 Å². The van der Waals surface area contributed by atoms with Crippen molar-refractivity contribution < 1.29 is 14.3 Å². The third-order valence-corrected chi connectivity index (χ3v) is 5.29. The van der Waals surface area contributed by atoms with Gasteiger partial charge in [0.1, 0.15) is 12.4 Å². The first-order chi connectivity index (χ1) is 12.0. The summed E-state index contributed by atoms with van der Waals surface area (Å²) in [6, 6.07) is 7.96. The van der Waals surface area contributed by atoms with Gasteiger partial charge < -0.3 is 14.4 Å². The molecule has 2 fully saturated rings. The second-order valence-electron chi connectivity index (χ2n) is 7.52. The molecule has 0 aliphatic carbocycles. The lowest BCUT2D eigenvalue weighted by atomic mass is 9.99. The molecule has 1 aromatic carbocycles. The Hall–Kier alpha value is -1.59. The Bertz CT molecular complexity index is 584. The normalized spacial score (nSPS) is 24.7. The van der Waals surface area contributed by atoms with E-state index >= 15 is 0 Å². The maximum absolute atomic E-state index is 12.9. The summed E-state index contributed by atoms with van der Waals surface area (Å²) in [5.74, 6) is 1.37. The van der Waals surface area contributed by atoms with Crippen LogP contribution >= 0.6 is 0 Å². The van der Waals surface area contributed by atoms with Gasteiger partial charge in [-0.1, -0.05) is 19.9 Å². The van der Waals surface area contributed by atoms with Gasteiger partial charge >= 0.3 is 0 Å². The highest BCUT2D eigenvalue weighted by molar-refractivity contribution is 5.94. The van der Waals surface area contributed by atoms with Gasteiger partial charge in [0.05, 0.1) is 6.10 Å². The van der Waals surface area contributed by atoms with Crippen LogP contribution in [0.5, 0.6) is 5.75 Å². The molecule has 5 nitrogen and oxygen atoms in total. The van der Waals surface area contributed by atoms with Crippen molar-refractivity contribution in [1.82, 2.24) is 9.80 Å². The zero-order valence-electron chi connectivity index (χ0n) is 15.6. The van der Waals surface area contributed by atoms with Crippen LogP contribution in [0.15, 0.2) is 24.3 Å². The molecule has 2 aliphatic heterocycles. The first-order valence-electron chi connectivity index (χ1n) is 9.38. The smallest absolute Gasteiger partial charge is 0.254 e. The summed E-state index contributed by atoms with van der Waals surface area (Å²) in [5.41, 5.74) is 0.705. The fraction of sp³-hybridized carbons (Fsp3) is 0.650. The minimum absolute atomic E-state index is 0.0984. The number of hydrogen-bond acceptors (Lipinski definition) is 4. The van der Waals surface area contributed by atoms with Crippen molar-refractivity contribution in [2.24, 2.45) is 5.92 Å². The summed E-state index contributed by atoms with van der Waals surface area (Å²) < 4.78 is 11.4. The summed E-state index contributed by atoms with van der Waals surface area (Å²) >= 11 is 0. The molecular weight excluding hydrogens is 316 g/mol. The van der Waals surface area contributed by atoms with E-state index in [1.807, 2.05) is 29.2 Å². The van der Waals surface area contributed by atoms with Crippen molar-refractivity contribution in [3.8, 4) is 5.75 Å². The zero-order valence-corrected chi connectivity index (χ0v) is 15.6. The Morgan fingerprint density at radius 1 is 1.36 bits per heavy atom. The van der Waals surface area contributed by atoms with E-state index in [-0.39, 0.29) is 12.0 Å². The maximum Gasteiger partial charge on any atom is 0.254 e. The monoisotopic (exact) mass is 346 g/mol. The fourth-order valence-corrected chi connectivity index (χ4v) is 3.67. The van der Waals surface area contributed by atoms with E-state index < -0.39 is 0 Å². The van der Waals surface area contributed by atoms with E-state index in [1.165, 1.54) is 0 Å². The number of amides is 1. The van der Waals surface area contributed by atoms with Crippen LogP contribution in [0.2, 0.25) is 0 Å². The number of piperazine rings is 1. The number of ether oxygens (including phenoxy) is 2. The molecule has 0 radical (unpaired) electrons. The molecule has 3 rings (SSSR count). The third-order valence-electron chi connectivity index (χ3n) is 5.29. The average Bonchev–Trinajstić information content (AvgIpc) is 3.13. The SMILES string of the molecule is CC(C)[C@H]1CN(C(=O)c2cccc(OCC3CCCO3)c2)CCN1C. The molecular formula is C20H30N2O3. The Labute approximate surface area is 150 Å². The Morgan fingerprint density at radius 3 is 2.92 bits per heavy atom. The molecule has 1 amide bonds. The molecule has 2 saturated heterocycles. The summed E-state index contributed by atoms with van der Waals surface area (Å²) in [6.45, 7) is 8.30. The largest absolute Gasteiger partial charge is 0.491 e. The van der Waals surface area contributed by atoms with Crippen molar-refractivity contribution in [1.29, 1.82) is 0 Å². The molecule has 2 aliphatic rings. The number of hydrogen-bond donors (Lipinski definition) is 0. The van der Waals surface area contributed by atoms with Gasteiger partial charge in [0, 0.05) is 37.8 Å². The van der Waals surface area contributed by atoms with Crippen molar-refractivity contribution >= 4 is 5.91 Å². The summed E-state index contributed by atoms with van der Waals surface area (Å²) in [7, 11) is 2.14. The van der Waals surface area contributed by atoms with Crippen LogP contribution in [0.25, 0.3) is 0 Å². The molecule has 0 spiro atoms. The lowest BCUT2D eigenvalue weighted by molar-refractivity contribution is 0.0464. The molecule has 5 heteroatoms. The topological polar surface area (TPSA) is 42.0 Å². The number of benzene rings is 1. The first kappa shape index (κ1) is 18.2. The summed E-state index contributed by atoms with van der Waals surface area (Å²) in [4.78, 5) is 17.2. The highest BCUT2D eigenvalue weighted by atomic mass is 16.5. The lowest BCUT2D eigenvalue weighted by Crippen LogP contribution is -2.55. The van der Waals surface area contributed by atoms with Gasteiger partial charge in [0.15, 0.2) is 0 Å². The van der Waals surface area contributed by atoms with Crippen LogP contribution in [0.4, 0.5) is 0 Å². The molecule has 0 bridgehead atoms. The van der Waals surface area contributed by atoms with Crippen LogP contribution in [-0.4, -0.2) is 67.7 Å². The maximum atomic E-state index is 12.9. The summed E-state index contributed by atoms with van der Waals surface area (Å²) in [6.07, 6.45) is 2.34. The number of carbonyl (C=O) groups is 1. The molecule has 0 aromatic heterocycles. The number of carbonyl (C=O) groups excluding carboxylic acids is 1. The van der Waals surface area contributed by atoms with E-state index in [1.54, 1.807) is 0 Å². The molecule has 138 valence electrons. The van der Waals surface area contributed by atoms with Crippen molar-refractivity contribution in [2.75, 3.05) is 39.9 Å². The van der Waals surface area contributed by atoms with E-state index in [4.69, 9.17) is 9.47 Å². The molecule has 2 heterocycles. The quantitative estimate of drug-likeness (QED) is 0.822. The number of rotatable bonds is 5. The molecule has 2 atom stereocenters. The average molecular weight is 346 g/mol. The number of likely N-dealkylation sites (N-methyl/N-ethyl adjacent to an activating group) is 1. The molecule has 0 saturated carbocycles. The third kappa shape index (κ3) is 4.53. The van der Waals surface area contributed by atoms with Gasteiger partial charge in [-0.25, -0.2) is 0 Å². The standard InChI is InChI=1S/C20H30N2O3/c1-15(2)19-13-22(10-9-21(19)3)20(23)16-6-4-7-17(12-16)25-14-18-8-5-11-24-18/h4,6-7,12,15,18-19H,5,8-11,13-14H2,1-3H3/t18?,19-/m1/s1. The van der Waals surface area contributed by atoms with Crippen molar-refractivity contribution in [3.63, 3.8) is 0 Å². The molecule has 1 unspecified atom stereocenters. The summed E-state index contributed by atoms with van der Waals surface area (Å²) in [5, 5.41) is 0. The zero-order chi connectivity index (χ0) is 17.8. The predicted octanol–water partition coefficient (Wildman–Crippen LogP) is 2.66. The van der Waals surface area contributed by atoms with Crippen molar-refractivity contribution in [3.05, 3.63) is 29.8 Å². The van der Waals surface area contributed by atoms with Crippen LogP contribution in [0, 0.1) is 5.92 Å². The Kier molecular flexibility index (Phi) is 5.97. The highest BCUT2D eigenvalue weighted by Gasteiger charge is 2.29. The van der Waals surface area contributed by atoms with Gasteiger partial charge in [-0.15, -0.1) is 0 Å². The van der Waals surface area contributed by atoms with Gasteiger partial charge in [-0.3, -0.25) is 9.69 Å². The Balaban J connectivity index is 1.62. The second-order valence-corrected chi connectivity index (χ2v) is 7.52. The number of nitrogens with zero attached hydrogens (tertiary/aromatic N) is 2. The van der Waals surface area contributed by atoms with Gasteiger partial charge in [-0.05, 0) is 44.0 Å². The van der Waals surface area contributed by atoms with E-state index in [2.05, 4.69) is 25.8 Å². The fourth-order valence-electron chi connectivity index (χ4n) is 3.67. The minimum atomic E-state index is 0.0984. The van der Waals surface area contributed by atoms with Gasteiger partial charge in [0.25, 0.3) is 5.91 Å². The second kappa shape index (κ2) is 8.19. The van der Waals surface area contributed by atoms with Crippen molar-refractivity contribution in [2.45, 2.75) is 38.8 Å². The van der Waals surface area contributed by atoms with Gasteiger partial charge in [0.2, 0.25) is 0 Å². The molecule has 1 aromatic rings. The highest BCUT2D eigenvalue weighted by Crippen LogP contribution is 2.21. The van der Waals surface area contributed by atoms with Crippen LogP contribution in [0.3, 0.4) is 0 Å². The van der Waals surface area contributed by atoms with Crippen LogP contribution in [-0.2, 0) is 4.74 Å². The first-order valence-corrected chi connectivity index (χ1v) is 9.38. The predicted molar refractivity (Wildman–Crippen MR) is 98.1 cm³/mol. The molecule has 25 heavy (non-hydrogen) atoms. The van der Waals surface area contributed by atoms with E-state index in [9.17, 15) is 4.79 Å². The van der Waals surface area contributed by atoms with E-state index in [0.717, 1.165) is 44.8 Å². The lowest BCUT2D eigenvalue weighted by Gasteiger charge is -2.41. The van der Waals surface area contributed by atoms with Gasteiger partial charge in [-0.2, -0.15) is 0 Å². The van der Waals surface area contributed by atoms with Crippen LogP contribution in [0.1, 0.15) is 37.0 Å². The minimum Gasteiger partial charge on any atom is -0.491 e. The Morgan fingerprint density at radius 2 is 2.20 bits per heavy atom.